The van der Waals surface area contributed by atoms with Crippen LogP contribution in [0.1, 0.15) is 36.0 Å². The van der Waals surface area contributed by atoms with E-state index in [2.05, 4.69) is 21.5 Å². The summed E-state index contributed by atoms with van der Waals surface area (Å²) in [6.07, 6.45) is 7.35. The van der Waals surface area contributed by atoms with Crippen LogP contribution in [0.15, 0.2) is 27.7 Å². The lowest BCUT2D eigenvalue weighted by atomic mass is 9.93. The van der Waals surface area contributed by atoms with Crippen molar-refractivity contribution >= 4 is 0 Å². The Morgan fingerprint density at radius 1 is 1.47 bits per heavy atom. The van der Waals surface area contributed by atoms with Gasteiger partial charge in [0.05, 0.1) is 6.26 Å². The molecule has 0 amide bonds. The topological polar surface area (TPSA) is 64.1 Å². The molecule has 2 aromatic rings. The number of aryl methyl sites for hydroxylation is 1. The van der Waals surface area contributed by atoms with Gasteiger partial charge in [-0.15, -0.1) is 0 Å². The lowest BCUT2D eigenvalue weighted by Crippen LogP contribution is -2.26. The van der Waals surface area contributed by atoms with Crippen molar-refractivity contribution in [2.45, 2.75) is 31.7 Å². The standard InChI is InChI=1S/C12H15N3O2/c1-2-10(9-5-7-16-11(9)3-1)13-6-4-12-14-8-17-15-12/h5,7-8,10,13H,1-4,6H2. The molecule has 0 aliphatic heterocycles. The monoisotopic (exact) mass is 233 g/mol. The molecule has 2 heterocycles. The summed E-state index contributed by atoms with van der Waals surface area (Å²) in [5.41, 5.74) is 1.31. The predicted molar refractivity (Wildman–Crippen MR) is 60.4 cm³/mol. The molecule has 0 bridgehead atoms. The van der Waals surface area contributed by atoms with Crippen molar-refractivity contribution in [2.24, 2.45) is 0 Å². The van der Waals surface area contributed by atoms with Crippen molar-refractivity contribution < 1.29 is 8.94 Å². The van der Waals surface area contributed by atoms with Crippen LogP contribution >= 0.6 is 0 Å². The van der Waals surface area contributed by atoms with Gasteiger partial charge in [0.1, 0.15) is 5.76 Å². The molecule has 1 atom stereocenters. The third-order valence-corrected chi connectivity index (χ3v) is 3.20. The maximum absolute atomic E-state index is 5.46. The summed E-state index contributed by atoms with van der Waals surface area (Å²) in [7, 11) is 0. The van der Waals surface area contributed by atoms with Gasteiger partial charge in [0.2, 0.25) is 6.39 Å². The largest absolute Gasteiger partial charge is 0.469 e. The normalized spacial score (nSPS) is 19.2. The summed E-state index contributed by atoms with van der Waals surface area (Å²) >= 11 is 0. The van der Waals surface area contributed by atoms with Crippen molar-refractivity contribution in [2.75, 3.05) is 6.54 Å². The van der Waals surface area contributed by atoms with Crippen LogP contribution in [-0.2, 0) is 12.8 Å². The molecule has 5 nitrogen and oxygen atoms in total. The molecule has 17 heavy (non-hydrogen) atoms. The quantitative estimate of drug-likeness (QED) is 0.873. The number of nitrogens with one attached hydrogen (secondary N) is 1. The van der Waals surface area contributed by atoms with Gasteiger partial charge in [0.25, 0.3) is 0 Å². The zero-order valence-corrected chi connectivity index (χ0v) is 9.56. The molecule has 1 unspecified atom stereocenters. The number of rotatable bonds is 4. The molecule has 0 saturated heterocycles. The van der Waals surface area contributed by atoms with E-state index in [1.54, 1.807) is 6.26 Å². The lowest BCUT2D eigenvalue weighted by molar-refractivity contribution is 0.400. The van der Waals surface area contributed by atoms with Crippen molar-refractivity contribution in [3.05, 3.63) is 35.9 Å². The van der Waals surface area contributed by atoms with Gasteiger partial charge in [-0.25, -0.2) is 0 Å². The minimum absolute atomic E-state index is 0.407. The first-order chi connectivity index (χ1) is 8.43. The van der Waals surface area contributed by atoms with E-state index < -0.39 is 0 Å². The van der Waals surface area contributed by atoms with E-state index in [0.29, 0.717) is 6.04 Å². The third-order valence-electron chi connectivity index (χ3n) is 3.20. The van der Waals surface area contributed by atoms with Gasteiger partial charge in [-0.2, -0.15) is 4.98 Å². The second kappa shape index (κ2) is 4.71. The van der Waals surface area contributed by atoms with Gasteiger partial charge in [-0.3, -0.25) is 0 Å². The molecular weight excluding hydrogens is 218 g/mol. The minimum Gasteiger partial charge on any atom is -0.469 e. The zero-order valence-electron chi connectivity index (χ0n) is 9.56. The van der Waals surface area contributed by atoms with Crippen molar-refractivity contribution in [3.8, 4) is 0 Å². The SMILES string of the molecule is c1nc(CCNC2CCCc3occc32)no1. The Morgan fingerprint density at radius 3 is 3.35 bits per heavy atom. The van der Waals surface area contributed by atoms with E-state index in [0.717, 1.165) is 31.0 Å². The summed E-state index contributed by atoms with van der Waals surface area (Å²) in [6, 6.07) is 2.48. The molecule has 5 heteroatoms. The second-order valence-corrected chi connectivity index (χ2v) is 4.30. The number of hydrogen-bond acceptors (Lipinski definition) is 5. The first-order valence-corrected chi connectivity index (χ1v) is 5.98. The van der Waals surface area contributed by atoms with Crippen molar-refractivity contribution in [1.29, 1.82) is 0 Å². The third kappa shape index (κ3) is 2.24. The van der Waals surface area contributed by atoms with Crippen molar-refractivity contribution in [3.63, 3.8) is 0 Å². The van der Waals surface area contributed by atoms with Crippen LogP contribution in [0.3, 0.4) is 0 Å². The first-order valence-electron chi connectivity index (χ1n) is 5.98. The van der Waals surface area contributed by atoms with Crippen LogP contribution in [0.25, 0.3) is 0 Å². The smallest absolute Gasteiger partial charge is 0.213 e. The highest BCUT2D eigenvalue weighted by Gasteiger charge is 2.21. The van der Waals surface area contributed by atoms with Gasteiger partial charge >= 0.3 is 0 Å². The van der Waals surface area contributed by atoms with Crippen LogP contribution in [0, 0.1) is 0 Å². The first kappa shape index (κ1) is 10.5. The number of hydrogen-bond donors (Lipinski definition) is 1. The molecule has 0 radical (unpaired) electrons. The molecule has 1 N–H and O–H groups in total. The van der Waals surface area contributed by atoms with E-state index in [-0.39, 0.29) is 0 Å². The van der Waals surface area contributed by atoms with Crippen LogP contribution in [0.4, 0.5) is 0 Å². The molecule has 0 fully saturated rings. The van der Waals surface area contributed by atoms with Crippen molar-refractivity contribution in [1.82, 2.24) is 15.5 Å². The average Bonchev–Trinajstić information content (AvgIpc) is 2.99. The summed E-state index contributed by atoms with van der Waals surface area (Å²) < 4.78 is 10.2. The van der Waals surface area contributed by atoms with Crippen LogP contribution < -0.4 is 5.32 Å². The maximum atomic E-state index is 5.46. The Balaban J connectivity index is 1.57. The molecule has 1 aliphatic rings. The molecule has 0 spiro atoms. The summed E-state index contributed by atoms with van der Waals surface area (Å²) in [6.45, 7) is 0.856. The van der Waals surface area contributed by atoms with E-state index in [1.807, 2.05) is 0 Å². The number of aromatic nitrogens is 2. The van der Waals surface area contributed by atoms with Gasteiger partial charge in [0.15, 0.2) is 5.82 Å². The Kier molecular flexibility index (Phi) is 2.92. The summed E-state index contributed by atoms with van der Waals surface area (Å²) in [4.78, 5) is 4.00. The molecular formula is C12H15N3O2. The van der Waals surface area contributed by atoms with E-state index in [9.17, 15) is 0 Å². The van der Waals surface area contributed by atoms with E-state index >= 15 is 0 Å². The fourth-order valence-electron chi connectivity index (χ4n) is 2.36. The predicted octanol–water partition coefficient (Wildman–Crippen LogP) is 1.87. The van der Waals surface area contributed by atoms with Gasteiger partial charge in [0, 0.05) is 31.0 Å². The van der Waals surface area contributed by atoms with Crippen LogP contribution in [-0.4, -0.2) is 16.7 Å². The lowest BCUT2D eigenvalue weighted by Gasteiger charge is -2.22. The number of nitrogens with zero attached hydrogens (tertiary/aromatic N) is 2. The molecule has 0 aromatic carbocycles. The van der Waals surface area contributed by atoms with Gasteiger partial charge < -0.3 is 14.3 Å². The Hall–Kier alpha value is -1.62. The minimum atomic E-state index is 0.407. The maximum Gasteiger partial charge on any atom is 0.213 e. The molecule has 1 aliphatic carbocycles. The fourth-order valence-corrected chi connectivity index (χ4v) is 2.36. The zero-order chi connectivity index (χ0) is 11.5. The Bertz CT molecular complexity index is 464. The number of furan rings is 1. The second-order valence-electron chi connectivity index (χ2n) is 4.30. The molecule has 2 aromatic heterocycles. The van der Waals surface area contributed by atoms with Gasteiger partial charge in [-0.05, 0) is 18.9 Å². The van der Waals surface area contributed by atoms with E-state index in [1.165, 1.54) is 24.8 Å². The van der Waals surface area contributed by atoms with Crippen LogP contribution in [0.2, 0.25) is 0 Å². The van der Waals surface area contributed by atoms with E-state index in [4.69, 9.17) is 8.94 Å². The molecule has 0 saturated carbocycles. The molecule has 3 rings (SSSR count). The highest BCUT2D eigenvalue weighted by atomic mass is 16.5. The number of fused-ring (bicyclic) bond motifs is 1. The fraction of sp³-hybridized carbons (Fsp3) is 0.500. The Morgan fingerprint density at radius 2 is 2.47 bits per heavy atom. The summed E-state index contributed by atoms with van der Waals surface area (Å²) in [5, 5.41) is 7.31. The summed E-state index contributed by atoms with van der Waals surface area (Å²) in [5.74, 6) is 1.88. The van der Waals surface area contributed by atoms with Gasteiger partial charge in [-0.1, -0.05) is 5.16 Å². The Labute approximate surface area is 99.2 Å². The highest BCUT2D eigenvalue weighted by Crippen LogP contribution is 2.30. The molecule has 90 valence electrons. The average molecular weight is 233 g/mol. The van der Waals surface area contributed by atoms with Crippen LogP contribution in [0.5, 0.6) is 0 Å². The highest BCUT2D eigenvalue weighted by molar-refractivity contribution is 5.23.